The second kappa shape index (κ2) is 7.01. The van der Waals surface area contributed by atoms with Gasteiger partial charge >= 0.3 is 0 Å². The highest BCUT2D eigenvalue weighted by Crippen LogP contribution is 2.19. The summed E-state index contributed by atoms with van der Waals surface area (Å²) in [6, 6.07) is 10.7. The second-order valence-electron chi connectivity index (χ2n) is 4.78. The smallest absolute Gasteiger partial charge is 0.216 e. The van der Waals surface area contributed by atoms with Crippen LogP contribution in [0.5, 0.6) is 5.88 Å². The molecule has 1 N–H and O–H groups in total. The van der Waals surface area contributed by atoms with E-state index < -0.39 is 0 Å². The monoisotopic (exact) mass is 271 g/mol. The maximum Gasteiger partial charge on any atom is 0.216 e. The normalized spacial score (nSPS) is 12.2. The van der Waals surface area contributed by atoms with Crippen molar-refractivity contribution < 1.29 is 4.74 Å². The lowest BCUT2D eigenvalue weighted by atomic mass is 10.00. The topological polar surface area (TPSA) is 47.0 Å². The molecule has 0 saturated carbocycles. The Bertz CT molecular complexity index is 557. The van der Waals surface area contributed by atoms with Crippen molar-refractivity contribution in [3.63, 3.8) is 0 Å². The zero-order chi connectivity index (χ0) is 14.4. The van der Waals surface area contributed by atoms with Crippen LogP contribution < -0.4 is 10.1 Å². The summed E-state index contributed by atoms with van der Waals surface area (Å²) in [5.41, 5.74) is 3.53. The maximum atomic E-state index is 5.15. The fourth-order valence-corrected chi connectivity index (χ4v) is 2.25. The molecule has 2 aromatic rings. The first kappa shape index (κ1) is 14.5. The van der Waals surface area contributed by atoms with Crippen molar-refractivity contribution >= 4 is 0 Å². The van der Waals surface area contributed by atoms with E-state index in [0.29, 0.717) is 5.88 Å². The van der Waals surface area contributed by atoms with Gasteiger partial charge in [-0.05, 0) is 19.0 Å². The third-order valence-corrected chi connectivity index (χ3v) is 3.22. The number of rotatable bonds is 6. The predicted molar refractivity (Wildman–Crippen MR) is 79.9 cm³/mol. The van der Waals surface area contributed by atoms with Crippen LogP contribution >= 0.6 is 0 Å². The van der Waals surface area contributed by atoms with Gasteiger partial charge in [0, 0.05) is 24.2 Å². The Labute approximate surface area is 120 Å². The van der Waals surface area contributed by atoms with Crippen molar-refractivity contribution in [1.82, 2.24) is 15.3 Å². The molecule has 1 aromatic carbocycles. The summed E-state index contributed by atoms with van der Waals surface area (Å²) in [4.78, 5) is 8.37. The van der Waals surface area contributed by atoms with E-state index in [1.54, 1.807) is 13.4 Å². The maximum absolute atomic E-state index is 5.15. The Kier molecular flexibility index (Phi) is 5.07. The highest BCUT2D eigenvalue weighted by Gasteiger charge is 2.12. The summed E-state index contributed by atoms with van der Waals surface area (Å²) in [6.07, 6.45) is 2.36. The van der Waals surface area contributed by atoms with E-state index in [1.165, 1.54) is 11.1 Å². The van der Waals surface area contributed by atoms with Crippen molar-refractivity contribution in [2.75, 3.05) is 13.7 Å². The van der Waals surface area contributed by atoms with E-state index in [0.717, 1.165) is 18.7 Å². The molecule has 1 atom stereocenters. The van der Waals surface area contributed by atoms with Crippen LogP contribution in [0.1, 0.15) is 29.8 Å². The van der Waals surface area contributed by atoms with Crippen LogP contribution in [0.15, 0.2) is 36.7 Å². The van der Waals surface area contributed by atoms with E-state index in [4.69, 9.17) is 4.74 Å². The van der Waals surface area contributed by atoms with E-state index >= 15 is 0 Å². The molecule has 4 nitrogen and oxygen atoms in total. The van der Waals surface area contributed by atoms with E-state index in [-0.39, 0.29) is 6.04 Å². The predicted octanol–water partition coefficient (Wildman–Crippen LogP) is 2.69. The van der Waals surface area contributed by atoms with Crippen LogP contribution in [-0.2, 0) is 6.42 Å². The van der Waals surface area contributed by atoms with Crippen LogP contribution in [0.25, 0.3) is 0 Å². The average molecular weight is 271 g/mol. The molecule has 0 aliphatic rings. The summed E-state index contributed by atoms with van der Waals surface area (Å²) in [5.74, 6) is 0.606. The van der Waals surface area contributed by atoms with Gasteiger partial charge in [0.05, 0.1) is 7.11 Å². The second-order valence-corrected chi connectivity index (χ2v) is 4.78. The summed E-state index contributed by atoms with van der Waals surface area (Å²) in [5, 5.41) is 3.51. The molecule has 1 aromatic heterocycles. The SMILES string of the molecule is CCNC(Cc1cc(OC)ncn1)c1cccc(C)c1. The average Bonchev–Trinajstić information content (AvgIpc) is 2.47. The number of hydrogen-bond donors (Lipinski definition) is 1. The standard InChI is InChI=1S/C16H21N3O/c1-4-17-15(13-7-5-6-12(2)8-13)9-14-10-16(20-3)19-11-18-14/h5-8,10-11,15,17H,4,9H2,1-3H3. The van der Waals surface area contributed by atoms with Gasteiger partial charge in [0.15, 0.2) is 0 Å². The van der Waals surface area contributed by atoms with Crippen molar-refractivity contribution in [2.45, 2.75) is 26.3 Å². The summed E-state index contributed by atoms with van der Waals surface area (Å²) in [7, 11) is 1.62. The number of nitrogens with zero attached hydrogens (tertiary/aromatic N) is 2. The lowest BCUT2D eigenvalue weighted by Gasteiger charge is -2.18. The molecule has 0 radical (unpaired) electrons. The molecule has 0 amide bonds. The summed E-state index contributed by atoms with van der Waals surface area (Å²) < 4.78 is 5.15. The van der Waals surface area contributed by atoms with Crippen LogP contribution in [0, 0.1) is 6.92 Å². The molecule has 4 heteroatoms. The molecule has 0 aliphatic carbocycles. The molecule has 0 spiro atoms. The molecular weight excluding hydrogens is 250 g/mol. The fourth-order valence-electron chi connectivity index (χ4n) is 2.25. The number of aryl methyl sites for hydroxylation is 1. The van der Waals surface area contributed by atoms with E-state index in [9.17, 15) is 0 Å². The lowest BCUT2D eigenvalue weighted by molar-refractivity contribution is 0.395. The Hall–Kier alpha value is -1.94. The van der Waals surface area contributed by atoms with Gasteiger partial charge in [-0.25, -0.2) is 9.97 Å². The van der Waals surface area contributed by atoms with Gasteiger partial charge in [0.2, 0.25) is 5.88 Å². The largest absolute Gasteiger partial charge is 0.481 e. The van der Waals surface area contributed by atoms with Gasteiger partial charge in [-0.15, -0.1) is 0 Å². The highest BCUT2D eigenvalue weighted by atomic mass is 16.5. The number of nitrogens with one attached hydrogen (secondary N) is 1. The fraction of sp³-hybridized carbons (Fsp3) is 0.375. The van der Waals surface area contributed by atoms with Gasteiger partial charge in [0.1, 0.15) is 6.33 Å². The Morgan fingerprint density at radius 3 is 2.80 bits per heavy atom. The number of benzene rings is 1. The molecule has 0 fully saturated rings. The number of likely N-dealkylation sites (N-methyl/N-ethyl adjacent to an activating group) is 1. The van der Waals surface area contributed by atoms with Crippen LogP contribution in [0.4, 0.5) is 0 Å². The minimum atomic E-state index is 0.250. The summed E-state index contributed by atoms with van der Waals surface area (Å²) in [6.45, 7) is 5.14. The van der Waals surface area contributed by atoms with Gasteiger partial charge in [-0.1, -0.05) is 36.8 Å². The third-order valence-electron chi connectivity index (χ3n) is 3.22. The van der Waals surface area contributed by atoms with Crippen LogP contribution in [0.2, 0.25) is 0 Å². The minimum Gasteiger partial charge on any atom is -0.481 e. The van der Waals surface area contributed by atoms with Crippen LogP contribution in [0.3, 0.4) is 0 Å². The summed E-state index contributed by atoms with van der Waals surface area (Å²) >= 11 is 0. The molecule has 20 heavy (non-hydrogen) atoms. The number of ether oxygens (including phenoxy) is 1. The first-order valence-corrected chi connectivity index (χ1v) is 6.87. The molecule has 0 bridgehead atoms. The molecular formula is C16H21N3O. The number of hydrogen-bond acceptors (Lipinski definition) is 4. The van der Waals surface area contributed by atoms with Crippen molar-refractivity contribution in [3.05, 3.63) is 53.5 Å². The van der Waals surface area contributed by atoms with E-state index in [1.807, 2.05) is 6.07 Å². The van der Waals surface area contributed by atoms with E-state index in [2.05, 4.69) is 53.4 Å². The Morgan fingerprint density at radius 2 is 2.10 bits per heavy atom. The number of methoxy groups -OCH3 is 1. The molecule has 1 heterocycles. The van der Waals surface area contributed by atoms with Gasteiger partial charge < -0.3 is 10.1 Å². The minimum absolute atomic E-state index is 0.250. The molecule has 2 rings (SSSR count). The van der Waals surface area contributed by atoms with Crippen LogP contribution in [-0.4, -0.2) is 23.6 Å². The Morgan fingerprint density at radius 1 is 1.25 bits per heavy atom. The zero-order valence-electron chi connectivity index (χ0n) is 12.3. The highest BCUT2D eigenvalue weighted by molar-refractivity contribution is 5.27. The molecule has 106 valence electrons. The van der Waals surface area contributed by atoms with Crippen molar-refractivity contribution in [1.29, 1.82) is 0 Å². The first-order chi connectivity index (χ1) is 9.72. The zero-order valence-corrected chi connectivity index (χ0v) is 12.3. The molecule has 0 saturated heterocycles. The lowest BCUT2D eigenvalue weighted by Crippen LogP contribution is -2.23. The van der Waals surface area contributed by atoms with Gasteiger partial charge in [-0.2, -0.15) is 0 Å². The quantitative estimate of drug-likeness (QED) is 0.877. The van der Waals surface area contributed by atoms with Crippen molar-refractivity contribution in [3.8, 4) is 5.88 Å². The number of aromatic nitrogens is 2. The molecule has 1 unspecified atom stereocenters. The third kappa shape index (κ3) is 3.78. The Balaban J connectivity index is 2.20. The van der Waals surface area contributed by atoms with Gasteiger partial charge in [-0.3, -0.25) is 0 Å². The van der Waals surface area contributed by atoms with Gasteiger partial charge in [0.25, 0.3) is 0 Å². The first-order valence-electron chi connectivity index (χ1n) is 6.87. The van der Waals surface area contributed by atoms with Crippen molar-refractivity contribution in [2.24, 2.45) is 0 Å². The molecule has 0 aliphatic heterocycles.